The molecule has 0 spiro atoms. The van der Waals surface area contributed by atoms with Crippen molar-refractivity contribution in [2.24, 2.45) is 5.73 Å². The third kappa shape index (κ3) is 4.17. The molecule has 2 aromatic rings. The zero-order valence-electron chi connectivity index (χ0n) is 17.0. The number of ether oxygens (including phenoxy) is 3. The van der Waals surface area contributed by atoms with Crippen LogP contribution in [0.3, 0.4) is 0 Å². The molecule has 2 aromatic carbocycles. The van der Waals surface area contributed by atoms with Crippen LogP contribution in [0.1, 0.15) is 36.3 Å². The lowest BCUT2D eigenvalue weighted by atomic mass is 9.77. The number of ketones is 1. The number of benzene rings is 2. The van der Waals surface area contributed by atoms with E-state index in [4.69, 9.17) is 19.9 Å². The quantitative estimate of drug-likeness (QED) is 0.735. The number of hydrogen-bond donors (Lipinski definition) is 1. The fourth-order valence-electron chi connectivity index (χ4n) is 3.90. The monoisotopic (exact) mass is 423 g/mol. The fourth-order valence-corrected chi connectivity index (χ4v) is 3.90. The first kappa shape index (κ1) is 20.7. The van der Waals surface area contributed by atoms with Crippen LogP contribution >= 0.6 is 0 Å². The molecule has 2 N–H and O–H groups in total. The van der Waals surface area contributed by atoms with Gasteiger partial charge in [0.05, 0.1) is 13.0 Å². The van der Waals surface area contributed by atoms with E-state index in [1.54, 1.807) is 36.4 Å². The predicted molar refractivity (Wildman–Crippen MR) is 110 cm³/mol. The van der Waals surface area contributed by atoms with Gasteiger partial charge in [-0.3, -0.25) is 4.79 Å². The van der Waals surface area contributed by atoms with Gasteiger partial charge in [0.2, 0.25) is 5.88 Å². The van der Waals surface area contributed by atoms with Crippen LogP contribution in [0, 0.1) is 5.82 Å². The van der Waals surface area contributed by atoms with E-state index in [0.717, 1.165) is 5.56 Å². The van der Waals surface area contributed by atoms with E-state index in [9.17, 15) is 14.0 Å². The smallest absolute Gasteiger partial charge is 0.340 e. The van der Waals surface area contributed by atoms with E-state index in [2.05, 4.69) is 0 Å². The number of rotatable bonds is 5. The van der Waals surface area contributed by atoms with E-state index in [0.29, 0.717) is 41.9 Å². The van der Waals surface area contributed by atoms with Gasteiger partial charge in [-0.15, -0.1) is 0 Å². The van der Waals surface area contributed by atoms with Gasteiger partial charge in [-0.05, 0) is 41.8 Å². The van der Waals surface area contributed by atoms with Crippen molar-refractivity contribution < 1.29 is 28.2 Å². The van der Waals surface area contributed by atoms with Gasteiger partial charge in [0.25, 0.3) is 0 Å². The number of carbonyl (C=O) groups is 2. The van der Waals surface area contributed by atoms with E-state index < -0.39 is 11.9 Å². The highest BCUT2D eigenvalue weighted by atomic mass is 19.1. The maximum atomic E-state index is 13.0. The van der Waals surface area contributed by atoms with E-state index in [1.807, 2.05) is 0 Å². The molecule has 0 saturated carbocycles. The van der Waals surface area contributed by atoms with E-state index >= 15 is 0 Å². The van der Waals surface area contributed by atoms with Crippen LogP contribution in [-0.2, 0) is 25.7 Å². The lowest BCUT2D eigenvalue weighted by Gasteiger charge is -2.32. The number of allylic oxidation sites excluding steroid dienone is 2. The molecule has 0 unspecified atom stereocenters. The fraction of sp³-hybridized carbons (Fsp3) is 0.250. The summed E-state index contributed by atoms with van der Waals surface area (Å²) in [5.74, 6) is -0.578. The van der Waals surface area contributed by atoms with Crippen LogP contribution in [0.15, 0.2) is 71.3 Å². The molecule has 6 nitrogen and oxygen atoms in total. The van der Waals surface area contributed by atoms with E-state index in [1.165, 1.54) is 19.2 Å². The lowest BCUT2D eigenvalue weighted by molar-refractivity contribution is -0.136. The summed E-state index contributed by atoms with van der Waals surface area (Å²) in [4.78, 5) is 25.2. The Morgan fingerprint density at radius 1 is 1.13 bits per heavy atom. The molecule has 0 saturated heterocycles. The van der Waals surface area contributed by atoms with Crippen LogP contribution in [0.4, 0.5) is 4.39 Å². The first-order chi connectivity index (χ1) is 15.0. The van der Waals surface area contributed by atoms with Crippen molar-refractivity contribution in [1.29, 1.82) is 0 Å². The van der Waals surface area contributed by atoms with Gasteiger partial charge < -0.3 is 19.9 Å². The van der Waals surface area contributed by atoms with Crippen LogP contribution in [0.5, 0.6) is 5.75 Å². The van der Waals surface area contributed by atoms with Gasteiger partial charge >= 0.3 is 5.97 Å². The molecule has 1 aliphatic carbocycles. The summed E-state index contributed by atoms with van der Waals surface area (Å²) in [6.45, 7) is 0.283. The Bertz CT molecular complexity index is 1070. The molecular formula is C24H22FNO5. The van der Waals surface area contributed by atoms with Gasteiger partial charge in [-0.2, -0.15) is 0 Å². The SMILES string of the molecule is COC(=O)C1=C(N)OC2=C(C(=O)CCC2)[C@H]1c1ccc(OCc2ccc(F)cc2)cc1. The highest BCUT2D eigenvalue weighted by Crippen LogP contribution is 2.44. The van der Waals surface area contributed by atoms with Gasteiger partial charge in [-0.1, -0.05) is 24.3 Å². The maximum absolute atomic E-state index is 13.0. The third-order valence-corrected chi connectivity index (χ3v) is 5.42. The minimum atomic E-state index is -0.657. The Labute approximate surface area is 179 Å². The maximum Gasteiger partial charge on any atom is 0.340 e. The molecule has 0 amide bonds. The topological polar surface area (TPSA) is 87.9 Å². The van der Waals surface area contributed by atoms with Crippen molar-refractivity contribution in [3.05, 3.63) is 88.3 Å². The second kappa shape index (κ2) is 8.63. The van der Waals surface area contributed by atoms with Crippen LogP contribution in [0.2, 0.25) is 0 Å². The van der Waals surface area contributed by atoms with Crippen molar-refractivity contribution in [3.8, 4) is 5.75 Å². The second-order valence-electron chi connectivity index (χ2n) is 7.40. The molecule has 0 bridgehead atoms. The van der Waals surface area contributed by atoms with Gasteiger partial charge in [0.1, 0.15) is 29.5 Å². The molecule has 31 heavy (non-hydrogen) atoms. The molecule has 1 atom stereocenters. The summed E-state index contributed by atoms with van der Waals surface area (Å²) < 4.78 is 29.3. The van der Waals surface area contributed by atoms with Crippen molar-refractivity contribution in [3.63, 3.8) is 0 Å². The molecule has 0 fully saturated rings. The number of halogens is 1. The second-order valence-corrected chi connectivity index (χ2v) is 7.40. The van der Waals surface area contributed by atoms with Crippen LogP contribution in [0.25, 0.3) is 0 Å². The molecule has 4 rings (SSSR count). The summed E-state index contributed by atoms with van der Waals surface area (Å²) >= 11 is 0. The van der Waals surface area contributed by atoms with Crippen LogP contribution < -0.4 is 10.5 Å². The predicted octanol–water partition coefficient (Wildman–Crippen LogP) is 3.87. The largest absolute Gasteiger partial charge is 0.489 e. The van der Waals surface area contributed by atoms with Gasteiger partial charge in [-0.25, -0.2) is 9.18 Å². The average Bonchev–Trinajstić information content (AvgIpc) is 2.78. The molecule has 0 radical (unpaired) electrons. The Balaban J connectivity index is 1.62. The lowest BCUT2D eigenvalue weighted by Crippen LogP contribution is -2.31. The zero-order valence-corrected chi connectivity index (χ0v) is 17.0. The molecule has 7 heteroatoms. The zero-order chi connectivity index (χ0) is 22.0. The Hall–Kier alpha value is -3.61. The van der Waals surface area contributed by atoms with Crippen molar-refractivity contribution in [2.75, 3.05) is 7.11 Å². The minimum Gasteiger partial charge on any atom is -0.489 e. The van der Waals surface area contributed by atoms with Gasteiger partial charge in [0.15, 0.2) is 5.78 Å². The Kier molecular flexibility index (Phi) is 5.75. The molecule has 1 heterocycles. The normalized spacial score (nSPS) is 18.4. The number of carbonyl (C=O) groups excluding carboxylic acids is 2. The summed E-state index contributed by atoms with van der Waals surface area (Å²) in [5, 5.41) is 0. The number of nitrogens with two attached hydrogens (primary N) is 1. The summed E-state index contributed by atoms with van der Waals surface area (Å²) in [6.07, 6.45) is 1.67. The summed E-state index contributed by atoms with van der Waals surface area (Å²) in [7, 11) is 1.26. The molecular weight excluding hydrogens is 401 g/mol. The molecule has 1 aliphatic heterocycles. The summed E-state index contributed by atoms with van der Waals surface area (Å²) in [6, 6.07) is 13.2. The third-order valence-electron chi connectivity index (χ3n) is 5.42. The van der Waals surface area contributed by atoms with E-state index in [-0.39, 0.29) is 29.7 Å². The number of methoxy groups -OCH3 is 1. The highest BCUT2D eigenvalue weighted by Gasteiger charge is 2.41. The molecule has 2 aliphatic rings. The highest BCUT2D eigenvalue weighted by molar-refractivity contribution is 6.03. The first-order valence-electron chi connectivity index (χ1n) is 9.97. The molecule has 0 aromatic heterocycles. The van der Waals surface area contributed by atoms with Crippen molar-refractivity contribution in [1.82, 2.24) is 0 Å². The Morgan fingerprint density at radius 3 is 2.52 bits per heavy atom. The number of esters is 1. The van der Waals surface area contributed by atoms with Crippen LogP contribution in [-0.4, -0.2) is 18.9 Å². The van der Waals surface area contributed by atoms with Crippen molar-refractivity contribution >= 4 is 11.8 Å². The minimum absolute atomic E-state index is 0.0399. The molecule has 160 valence electrons. The van der Waals surface area contributed by atoms with Gasteiger partial charge in [0, 0.05) is 18.4 Å². The van der Waals surface area contributed by atoms with Crippen molar-refractivity contribution in [2.45, 2.75) is 31.8 Å². The number of hydrogen-bond acceptors (Lipinski definition) is 6. The first-order valence-corrected chi connectivity index (χ1v) is 9.97. The number of Topliss-reactive ketones (excluding diaryl/α,β-unsaturated/α-hetero) is 1. The average molecular weight is 423 g/mol. The summed E-state index contributed by atoms with van der Waals surface area (Å²) in [5.41, 5.74) is 8.17. The Morgan fingerprint density at radius 2 is 1.84 bits per heavy atom. The standard InChI is InChI=1S/C24H22FNO5/c1-29-24(28)22-20(21-18(27)3-2-4-19(21)31-23(22)26)15-7-11-17(12-8-15)30-13-14-5-9-16(25)10-6-14/h5-12,20H,2-4,13,26H2,1H3/t20-/m1/s1.